The van der Waals surface area contributed by atoms with Gasteiger partial charge in [0, 0.05) is 25.7 Å². The summed E-state index contributed by atoms with van der Waals surface area (Å²) in [4.78, 5) is 30.1. The lowest BCUT2D eigenvalue weighted by atomic mass is 10.1. The Labute approximate surface area is 150 Å². The number of amides is 1. The van der Waals surface area contributed by atoms with Gasteiger partial charge in [-0.25, -0.2) is 4.98 Å². The highest BCUT2D eigenvalue weighted by molar-refractivity contribution is 7.15. The third kappa shape index (κ3) is 4.64. The number of likely N-dealkylation sites (tertiary alicyclic amines) is 1. The second-order valence-corrected chi connectivity index (χ2v) is 7.22. The number of carbonyl (C=O) groups excluding carboxylic acids is 2. The Morgan fingerprint density at radius 1 is 1.24 bits per heavy atom. The van der Waals surface area contributed by atoms with Crippen LogP contribution in [0, 0.1) is 0 Å². The van der Waals surface area contributed by atoms with E-state index in [1.54, 1.807) is 0 Å². The monoisotopic (exact) mass is 359 g/mol. The number of rotatable bonds is 5. The molecule has 1 amide bonds. The van der Waals surface area contributed by atoms with Crippen LogP contribution in [0.2, 0.25) is 0 Å². The number of aromatic nitrogens is 1. The number of carbonyl (C=O) groups is 2. The number of piperidine rings is 1. The number of thiazole rings is 1. The molecule has 1 saturated heterocycles. The first-order valence-electron chi connectivity index (χ1n) is 8.24. The number of benzene rings is 1. The van der Waals surface area contributed by atoms with Crippen molar-refractivity contribution >= 4 is 28.7 Å². The summed E-state index contributed by atoms with van der Waals surface area (Å²) in [7, 11) is 2.12. The summed E-state index contributed by atoms with van der Waals surface area (Å²) < 4.78 is 5.99. The number of nitrogens with zero attached hydrogens (tertiary/aromatic N) is 2. The van der Waals surface area contributed by atoms with Crippen LogP contribution in [-0.2, 0) is 0 Å². The molecule has 1 N–H and O–H groups in total. The number of Topliss-reactive ketones (excluding diaryl/α,β-unsaturated/α-hetero) is 1. The third-order valence-electron chi connectivity index (χ3n) is 4.11. The Kier molecular flexibility index (Phi) is 5.45. The molecule has 132 valence electrons. The maximum absolute atomic E-state index is 12.2. The molecule has 7 heteroatoms. The van der Waals surface area contributed by atoms with E-state index in [1.807, 2.05) is 24.3 Å². The number of ketones is 1. The van der Waals surface area contributed by atoms with Gasteiger partial charge >= 0.3 is 0 Å². The molecule has 0 atom stereocenters. The number of nitrogens with one attached hydrogen (secondary N) is 1. The lowest BCUT2D eigenvalue weighted by Crippen LogP contribution is -2.35. The van der Waals surface area contributed by atoms with E-state index in [0.29, 0.717) is 15.6 Å². The number of hydrogen-bond acceptors (Lipinski definition) is 6. The van der Waals surface area contributed by atoms with Crippen molar-refractivity contribution in [1.29, 1.82) is 0 Å². The van der Waals surface area contributed by atoms with Crippen molar-refractivity contribution in [3.05, 3.63) is 40.3 Å². The summed E-state index contributed by atoms with van der Waals surface area (Å²) in [6.45, 7) is 3.54. The fourth-order valence-corrected chi connectivity index (χ4v) is 3.35. The quantitative estimate of drug-likeness (QED) is 0.831. The minimum atomic E-state index is -0.269. The zero-order valence-electron chi connectivity index (χ0n) is 14.3. The zero-order valence-corrected chi connectivity index (χ0v) is 15.1. The maximum Gasteiger partial charge on any atom is 0.267 e. The normalized spacial score (nSPS) is 15.8. The molecule has 0 unspecified atom stereocenters. The van der Waals surface area contributed by atoms with E-state index >= 15 is 0 Å². The van der Waals surface area contributed by atoms with Gasteiger partial charge in [0.05, 0.1) is 6.20 Å². The van der Waals surface area contributed by atoms with E-state index in [0.717, 1.165) is 43.0 Å². The van der Waals surface area contributed by atoms with Gasteiger partial charge in [0.25, 0.3) is 5.91 Å². The Morgan fingerprint density at radius 2 is 1.92 bits per heavy atom. The molecule has 3 rings (SSSR count). The van der Waals surface area contributed by atoms with Gasteiger partial charge in [-0.05, 0) is 44.2 Å². The molecule has 2 heterocycles. The van der Waals surface area contributed by atoms with Crippen LogP contribution in [0.5, 0.6) is 5.75 Å². The first-order chi connectivity index (χ1) is 12.0. The molecule has 2 aromatic rings. The summed E-state index contributed by atoms with van der Waals surface area (Å²) in [5.74, 6) is 0.401. The Balaban J connectivity index is 1.56. The molecule has 0 saturated carbocycles. The fraction of sp³-hybridized carbons (Fsp3) is 0.389. The van der Waals surface area contributed by atoms with Crippen LogP contribution < -0.4 is 10.1 Å². The predicted molar refractivity (Wildman–Crippen MR) is 97.7 cm³/mol. The maximum atomic E-state index is 12.2. The summed E-state index contributed by atoms with van der Waals surface area (Å²) in [6.07, 6.45) is 3.73. The first kappa shape index (κ1) is 17.6. The molecule has 0 radical (unpaired) electrons. The summed E-state index contributed by atoms with van der Waals surface area (Å²) in [6, 6.07) is 7.35. The van der Waals surface area contributed by atoms with Crippen molar-refractivity contribution in [2.75, 3.05) is 25.5 Å². The lowest BCUT2D eigenvalue weighted by Gasteiger charge is -2.29. The standard InChI is InChI=1S/C18H21N3O3S/c1-12(22)18-19-11-16(25-18)17(23)20-13-3-5-14(6-4-13)24-15-7-9-21(2)10-8-15/h3-6,11,15H,7-10H2,1-2H3,(H,20,23). The molecule has 0 bridgehead atoms. The van der Waals surface area contributed by atoms with Crippen molar-refractivity contribution in [1.82, 2.24) is 9.88 Å². The highest BCUT2D eigenvalue weighted by Crippen LogP contribution is 2.22. The molecule has 6 nitrogen and oxygen atoms in total. The van der Waals surface area contributed by atoms with E-state index in [4.69, 9.17) is 4.74 Å². The van der Waals surface area contributed by atoms with Gasteiger partial charge in [0.2, 0.25) is 0 Å². The zero-order chi connectivity index (χ0) is 17.8. The second-order valence-electron chi connectivity index (χ2n) is 6.18. The molecule has 1 aromatic heterocycles. The van der Waals surface area contributed by atoms with Crippen LogP contribution in [0.4, 0.5) is 5.69 Å². The minimum Gasteiger partial charge on any atom is -0.490 e. The average Bonchev–Trinajstić information content (AvgIpc) is 3.09. The van der Waals surface area contributed by atoms with Crippen molar-refractivity contribution in [2.24, 2.45) is 0 Å². The minimum absolute atomic E-state index is 0.139. The number of hydrogen-bond donors (Lipinski definition) is 1. The molecule has 1 aliphatic heterocycles. The highest BCUT2D eigenvalue weighted by Gasteiger charge is 2.18. The molecular weight excluding hydrogens is 338 g/mol. The van der Waals surface area contributed by atoms with Gasteiger partial charge in [-0.15, -0.1) is 11.3 Å². The van der Waals surface area contributed by atoms with Gasteiger partial charge in [-0.2, -0.15) is 0 Å². The van der Waals surface area contributed by atoms with Crippen LogP contribution in [0.25, 0.3) is 0 Å². The Hall–Kier alpha value is -2.25. The van der Waals surface area contributed by atoms with Crippen molar-refractivity contribution in [3.63, 3.8) is 0 Å². The summed E-state index contributed by atoms with van der Waals surface area (Å²) in [5.41, 5.74) is 0.679. The van der Waals surface area contributed by atoms with Crippen LogP contribution >= 0.6 is 11.3 Å². The van der Waals surface area contributed by atoms with Gasteiger partial charge < -0.3 is 15.0 Å². The van der Waals surface area contributed by atoms with Crippen molar-refractivity contribution < 1.29 is 14.3 Å². The van der Waals surface area contributed by atoms with Gasteiger partial charge in [0.1, 0.15) is 16.7 Å². The Morgan fingerprint density at radius 3 is 2.52 bits per heavy atom. The van der Waals surface area contributed by atoms with Gasteiger partial charge in [0.15, 0.2) is 10.8 Å². The number of anilines is 1. The molecule has 0 aliphatic carbocycles. The molecule has 0 spiro atoms. The molecule has 1 aromatic carbocycles. The molecule has 1 aliphatic rings. The van der Waals surface area contributed by atoms with Gasteiger partial charge in [-0.3, -0.25) is 9.59 Å². The van der Waals surface area contributed by atoms with Crippen LogP contribution in [0.1, 0.15) is 39.2 Å². The molecular formula is C18H21N3O3S. The van der Waals surface area contributed by atoms with Crippen LogP contribution in [0.3, 0.4) is 0 Å². The highest BCUT2D eigenvalue weighted by atomic mass is 32.1. The SMILES string of the molecule is CC(=O)c1ncc(C(=O)Nc2ccc(OC3CCN(C)CC3)cc2)s1. The van der Waals surface area contributed by atoms with E-state index in [1.165, 1.54) is 13.1 Å². The first-order valence-corrected chi connectivity index (χ1v) is 9.06. The summed E-state index contributed by atoms with van der Waals surface area (Å²) >= 11 is 1.09. The topological polar surface area (TPSA) is 71.5 Å². The number of ether oxygens (including phenoxy) is 1. The lowest BCUT2D eigenvalue weighted by molar-refractivity contribution is 0.101. The smallest absolute Gasteiger partial charge is 0.267 e. The molecule has 25 heavy (non-hydrogen) atoms. The predicted octanol–water partition coefficient (Wildman–Crippen LogP) is 3.07. The van der Waals surface area contributed by atoms with Gasteiger partial charge in [-0.1, -0.05) is 0 Å². The average molecular weight is 359 g/mol. The largest absolute Gasteiger partial charge is 0.490 e. The van der Waals surface area contributed by atoms with Crippen molar-refractivity contribution in [2.45, 2.75) is 25.9 Å². The third-order valence-corrected chi connectivity index (χ3v) is 5.21. The van der Waals surface area contributed by atoms with E-state index in [-0.39, 0.29) is 17.8 Å². The van der Waals surface area contributed by atoms with E-state index < -0.39 is 0 Å². The van der Waals surface area contributed by atoms with E-state index in [2.05, 4.69) is 22.2 Å². The van der Waals surface area contributed by atoms with Crippen molar-refractivity contribution in [3.8, 4) is 5.75 Å². The fourth-order valence-electron chi connectivity index (χ4n) is 2.65. The Bertz CT molecular complexity index is 749. The summed E-state index contributed by atoms with van der Waals surface area (Å²) in [5, 5.41) is 3.14. The van der Waals surface area contributed by atoms with E-state index in [9.17, 15) is 9.59 Å². The van der Waals surface area contributed by atoms with Crippen LogP contribution in [0.15, 0.2) is 30.5 Å². The second kappa shape index (κ2) is 7.76. The van der Waals surface area contributed by atoms with Crippen LogP contribution in [-0.4, -0.2) is 47.8 Å². The molecule has 1 fully saturated rings.